The van der Waals surface area contributed by atoms with Gasteiger partial charge in [-0.1, -0.05) is 0 Å². The number of rotatable bonds is 6. The maximum Gasteiger partial charge on any atom is 0.306 e. The summed E-state index contributed by atoms with van der Waals surface area (Å²) in [7, 11) is -6.79. The van der Waals surface area contributed by atoms with Crippen molar-refractivity contribution < 1.29 is 34.7 Å². The third kappa shape index (κ3) is 4.90. The maximum atomic E-state index is 11.5. The predicted molar refractivity (Wildman–Crippen MR) is 73.9 cm³/mol. The number of hydrogen-bond acceptors (Lipinski definition) is 8. The molecule has 0 saturated carbocycles. The Morgan fingerprint density at radius 1 is 0.952 bits per heavy atom. The highest BCUT2D eigenvalue weighted by Crippen LogP contribution is 2.41. The largest absolute Gasteiger partial charge is 0.493 e. The lowest BCUT2D eigenvalue weighted by molar-refractivity contribution is 0.101. The van der Waals surface area contributed by atoms with Crippen LogP contribution in [0.25, 0.3) is 0 Å². The van der Waals surface area contributed by atoms with Crippen LogP contribution in [0, 0.1) is 0 Å². The van der Waals surface area contributed by atoms with Gasteiger partial charge in [-0.25, -0.2) is 0 Å². The zero-order chi connectivity index (χ0) is 16.4. The van der Waals surface area contributed by atoms with Crippen molar-refractivity contribution in [1.29, 1.82) is 0 Å². The highest BCUT2D eigenvalue weighted by molar-refractivity contribution is 7.86. The zero-order valence-electron chi connectivity index (χ0n) is 11.7. The molecule has 0 aliphatic heterocycles. The molecule has 0 aromatic heterocycles. The third-order valence-corrected chi connectivity index (χ3v) is 3.08. The van der Waals surface area contributed by atoms with E-state index in [-0.39, 0.29) is 11.3 Å². The van der Waals surface area contributed by atoms with Crippen molar-refractivity contribution in [3.05, 3.63) is 17.7 Å². The van der Waals surface area contributed by atoms with Crippen molar-refractivity contribution in [2.75, 3.05) is 19.6 Å². The van der Waals surface area contributed by atoms with Gasteiger partial charge in [-0.05, 0) is 19.1 Å². The van der Waals surface area contributed by atoms with Crippen molar-refractivity contribution in [3.8, 4) is 17.2 Å². The summed E-state index contributed by atoms with van der Waals surface area (Å²) in [6, 6.07) is 2.52. The fourth-order valence-corrected chi connectivity index (χ4v) is 2.38. The summed E-state index contributed by atoms with van der Waals surface area (Å²) in [5.74, 6) is -1.66. The van der Waals surface area contributed by atoms with E-state index in [1.165, 1.54) is 26.2 Å². The molecule has 1 rings (SSSR count). The minimum Gasteiger partial charge on any atom is -0.493 e. The van der Waals surface area contributed by atoms with Crippen LogP contribution in [0.3, 0.4) is 0 Å². The number of ether oxygens (including phenoxy) is 1. The summed E-state index contributed by atoms with van der Waals surface area (Å²) in [6.07, 6.45) is 1.51. The van der Waals surface area contributed by atoms with Crippen LogP contribution in [0.2, 0.25) is 0 Å². The second kappa shape index (κ2) is 5.90. The normalized spacial score (nSPS) is 11.8. The van der Waals surface area contributed by atoms with Crippen LogP contribution in [-0.2, 0) is 20.2 Å². The SMILES string of the molecule is COc1ccc(C(C)=O)c(OS(C)(=O)=O)c1OS(C)(=O)=O. The molecule has 0 radical (unpaired) electrons. The fraction of sp³-hybridized carbons (Fsp3) is 0.364. The number of carbonyl (C=O) groups is 1. The number of Topliss-reactive ketones (excluding diaryl/α,β-unsaturated/α-hetero) is 1. The smallest absolute Gasteiger partial charge is 0.306 e. The summed E-state index contributed by atoms with van der Waals surface area (Å²) in [6.45, 7) is 1.17. The van der Waals surface area contributed by atoms with Gasteiger partial charge >= 0.3 is 20.2 Å². The monoisotopic (exact) mass is 338 g/mol. The number of hydrogen-bond donors (Lipinski definition) is 0. The van der Waals surface area contributed by atoms with E-state index in [0.717, 1.165) is 12.5 Å². The van der Waals surface area contributed by atoms with Crippen LogP contribution in [0.5, 0.6) is 17.2 Å². The van der Waals surface area contributed by atoms with Gasteiger partial charge in [-0.3, -0.25) is 4.79 Å². The molecule has 21 heavy (non-hydrogen) atoms. The van der Waals surface area contributed by atoms with E-state index in [4.69, 9.17) is 13.1 Å². The Labute approximate surface area is 122 Å². The first-order valence-corrected chi connectivity index (χ1v) is 9.08. The number of carbonyl (C=O) groups excluding carboxylic acids is 1. The molecule has 0 unspecified atom stereocenters. The molecule has 0 aliphatic rings. The van der Waals surface area contributed by atoms with Crippen LogP contribution in [0.1, 0.15) is 17.3 Å². The van der Waals surface area contributed by atoms with E-state index in [0.29, 0.717) is 0 Å². The second-order valence-electron chi connectivity index (χ2n) is 4.10. The minimum absolute atomic E-state index is 0.0934. The van der Waals surface area contributed by atoms with Gasteiger partial charge in [0.2, 0.25) is 11.5 Å². The molecule has 0 amide bonds. The van der Waals surface area contributed by atoms with Crippen LogP contribution < -0.4 is 13.1 Å². The lowest BCUT2D eigenvalue weighted by Gasteiger charge is -2.15. The summed E-state index contributed by atoms with van der Waals surface area (Å²) >= 11 is 0. The molecule has 0 spiro atoms. The molecule has 0 heterocycles. The Morgan fingerprint density at radius 3 is 1.81 bits per heavy atom. The quantitative estimate of drug-likeness (QED) is 0.546. The van der Waals surface area contributed by atoms with Crippen LogP contribution in [0.4, 0.5) is 0 Å². The summed E-state index contributed by atoms with van der Waals surface area (Å²) in [5.41, 5.74) is -0.153. The number of ketones is 1. The maximum absolute atomic E-state index is 11.5. The van der Waals surface area contributed by atoms with E-state index in [1.54, 1.807) is 0 Å². The molecule has 0 bridgehead atoms. The second-order valence-corrected chi connectivity index (χ2v) is 7.25. The highest BCUT2D eigenvalue weighted by atomic mass is 32.2. The van der Waals surface area contributed by atoms with Crippen molar-refractivity contribution >= 4 is 26.0 Å². The molecule has 0 fully saturated rings. The van der Waals surface area contributed by atoms with Gasteiger partial charge in [-0.15, -0.1) is 0 Å². The summed E-state index contributed by atoms with van der Waals surface area (Å²) < 4.78 is 59.5. The molecule has 0 saturated heterocycles. The molecule has 0 atom stereocenters. The highest BCUT2D eigenvalue weighted by Gasteiger charge is 2.25. The predicted octanol–water partition coefficient (Wildman–Crippen LogP) is 0.575. The van der Waals surface area contributed by atoms with E-state index in [2.05, 4.69) is 0 Å². The minimum atomic E-state index is -4.02. The van der Waals surface area contributed by atoms with E-state index >= 15 is 0 Å². The Kier molecular flexibility index (Phi) is 4.84. The Bertz CT molecular complexity index is 762. The van der Waals surface area contributed by atoms with Crippen molar-refractivity contribution in [3.63, 3.8) is 0 Å². The van der Waals surface area contributed by atoms with Crippen LogP contribution >= 0.6 is 0 Å². The van der Waals surface area contributed by atoms with E-state index < -0.39 is 37.5 Å². The third-order valence-electron chi connectivity index (χ3n) is 2.14. The molecule has 1 aromatic carbocycles. The molecular weight excluding hydrogens is 324 g/mol. The molecule has 10 heteroatoms. The molecular formula is C11H14O8S2. The lowest BCUT2D eigenvalue weighted by Crippen LogP contribution is -2.14. The van der Waals surface area contributed by atoms with Crippen LogP contribution in [0.15, 0.2) is 12.1 Å². The number of benzene rings is 1. The van der Waals surface area contributed by atoms with Gasteiger partial charge in [0, 0.05) is 0 Å². The van der Waals surface area contributed by atoms with Crippen molar-refractivity contribution in [2.45, 2.75) is 6.92 Å². The van der Waals surface area contributed by atoms with Gasteiger partial charge in [0.15, 0.2) is 11.5 Å². The fourth-order valence-electron chi connectivity index (χ4n) is 1.45. The Balaban J connectivity index is 3.68. The lowest BCUT2D eigenvalue weighted by atomic mass is 10.1. The Morgan fingerprint density at radius 2 is 1.43 bits per heavy atom. The molecule has 118 valence electrons. The van der Waals surface area contributed by atoms with Gasteiger partial charge in [-0.2, -0.15) is 16.8 Å². The summed E-state index contributed by atoms with van der Waals surface area (Å²) in [4.78, 5) is 11.5. The first-order chi connectivity index (χ1) is 9.44. The van der Waals surface area contributed by atoms with Gasteiger partial charge < -0.3 is 13.1 Å². The van der Waals surface area contributed by atoms with E-state index in [9.17, 15) is 21.6 Å². The van der Waals surface area contributed by atoms with Crippen molar-refractivity contribution in [1.82, 2.24) is 0 Å². The van der Waals surface area contributed by atoms with E-state index in [1.807, 2.05) is 0 Å². The zero-order valence-corrected chi connectivity index (χ0v) is 13.4. The van der Waals surface area contributed by atoms with Crippen LogP contribution in [-0.4, -0.2) is 42.2 Å². The average molecular weight is 338 g/mol. The average Bonchev–Trinajstić information content (AvgIpc) is 2.27. The van der Waals surface area contributed by atoms with Gasteiger partial charge in [0.1, 0.15) is 0 Å². The summed E-state index contributed by atoms with van der Waals surface area (Å²) in [5, 5.41) is 0. The van der Waals surface area contributed by atoms with Gasteiger partial charge in [0.05, 0.1) is 25.2 Å². The van der Waals surface area contributed by atoms with Gasteiger partial charge in [0.25, 0.3) is 0 Å². The molecule has 8 nitrogen and oxygen atoms in total. The first kappa shape index (κ1) is 17.2. The molecule has 0 aliphatic carbocycles. The first-order valence-electron chi connectivity index (χ1n) is 5.45. The Hall–Kier alpha value is -1.81. The van der Waals surface area contributed by atoms with Crippen molar-refractivity contribution in [2.24, 2.45) is 0 Å². The topological polar surface area (TPSA) is 113 Å². The standard InChI is InChI=1S/C11H14O8S2/c1-7(12)8-5-6-9(17-2)11(19-21(4,15)16)10(8)18-20(3,13)14/h5-6H,1-4H3. The molecule has 0 N–H and O–H groups in total. The molecule has 1 aromatic rings. The number of methoxy groups -OCH3 is 1.